The summed E-state index contributed by atoms with van der Waals surface area (Å²) in [6, 6.07) is 2.01. The molecule has 2 amide bonds. The molecule has 0 saturated heterocycles. The minimum absolute atomic E-state index is 0.0677. The van der Waals surface area contributed by atoms with Gasteiger partial charge in [0.05, 0.1) is 16.0 Å². The van der Waals surface area contributed by atoms with Crippen molar-refractivity contribution in [2.75, 3.05) is 0 Å². The van der Waals surface area contributed by atoms with Gasteiger partial charge < -0.3 is 0 Å². The van der Waals surface area contributed by atoms with Gasteiger partial charge in [0.25, 0.3) is 11.8 Å². The van der Waals surface area contributed by atoms with Gasteiger partial charge in [-0.05, 0) is 18.2 Å². The highest BCUT2D eigenvalue weighted by Gasteiger charge is 2.36. The van der Waals surface area contributed by atoms with Crippen LogP contribution in [-0.2, 0) is 12.4 Å². The van der Waals surface area contributed by atoms with E-state index >= 15 is 0 Å². The van der Waals surface area contributed by atoms with Crippen molar-refractivity contribution in [2.24, 2.45) is 0 Å². The van der Waals surface area contributed by atoms with E-state index in [1.54, 1.807) is 5.32 Å². The third-order valence-corrected chi connectivity index (χ3v) is 3.84. The Bertz CT molecular complexity index is 781. The third-order valence-electron chi connectivity index (χ3n) is 2.71. The van der Waals surface area contributed by atoms with Crippen LogP contribution in [-0.4, -0.2) is 16.8 Å². The summed E-state index contributed by atoms with van der Waals surface area (Å²) < 4.78 is 75.7. The normalized spacial score (nSPS) is 12.1. The summed E-state index contributed by atoms with van der Waals surface area (Å²) in [7, 11) is 0. The zero-order valence-electron chi connectivity index (χ0n) is 11.3. The third kappa shape index (κ3) is 3.91. The number of hydrogen-bond acceptors (Lipinski definition) is 4. The highest BCUT2D eigenvalue weighted by Crippen LogP contribution is 2.35. The van der Waals surface area contributed by atoms with E-state index in [0.717, 1.165) is 12.3 Å². The highest BCUT2D eigenvalue weighted by molar-refractivity contribution is 7.14. The summed E-state index contributed by atoms with van der Waals surface area (Å²) >= 11 is 0.0677. The number of alkyl halides is 6. The van der Waals surface area contributed by atoms with Crippen LogP contribution < -0.4 is 5.32 Å². The van der Waals surface area contributed by atoms with Gasteiger partial charge in [0.2, 0.25) is 0 Å². The van der Waals surface area contributed by atoms with Gasteiger partial charge in [-0.3, -0.25) is 19.9 Å². The number of aromatic nitrogens is 1. The number of nitrogens with one attached hydrogen (secondary N) is 1. The molecule has 0 aromatic carbocycles. The molecule has 0 saturated carbocycles. The lowest BCUT2D eigenvalue weighted by atomic mass is 10.1. The molecule has 0 bridgehead atoms. The van der Waals surface area contributed by atoms with Crippen LogP contribution in [0.3, 0.4) is 0 Å². The zero-order chi connectivity index (χ0) is 18.1. The summed E-state index contributed by atoms with van der Waals surface area (Å²) in [6.07, 6.45) is -8.09. The van der Waals surface area contributed by atoms with Crippen molar-refractivity contribution in [3.05, 3.63) is 51.5 Å². The molecule has 128 valence electrons. The predicted octanol–water partition coefficient (Wildman–Crippen LogP) is 3.75. The maximum atomic E-state index is 12.8. The Labute approximate surface area is 134 Å². The Balaban J connectivity index is 2.22. The van der Waals surface area contributed by atoms with Gasteiger partial charge in [-0.2, -0.15) is 26.3 Å². The molecule has 0 unspecified atom stereocenters. The number of carbonyl (C=O) groups is 2. The summed E-state index contributed by atoms with van der Waals surface area (Å²) in [4.78, 5) is 25.4. The van der Waals surface area contributed by atoms with Crippen LogP contribution in [0.1, 0.15) is 30.5 Å². The van der Waals surface area contributed by atoms with E-state index in [1.807, 2.05) is 0 Å². The molecule has 0 atom stereocenters. The molecule has 0 radical (unpaired) electrons. The first-order valence-electron chi connectivity index (χ1n) is 6.04. The number of hydrogen-bond donors (Lipinski definition) is 1. The summed E-state index contributed by atoms with van der Waals surface area (Å²) in [5, 5.41) is 1.61. The molecule has 0 aliphatic heterocycles. The summed E-state index contributed by atoms with van der Waals surface area (Å²) in [5.41, 5.74) is -2.23. The monoisotopic (exact) mass is 368 g/mol. The van der Waals surface area contributed by atoms with Gasteiger partial charge in [-0.15, -0.1) is 11.3 Å². The maximum Gasteiger partial charge on any atom is 0.425 e. The topological polar surface area (TPSA) is 59.1 Å². The van der Waals surface area contributed by atoms with Crippen molar-refractivity contribution in [3.63, 3.8) is 0 Å². The van der Waals surface area contributed by atoms with Crippen molar-refractivity contribution in [2.45, 2.75) is 12.4 Å². The van der Waals surface area contributed by atoms with Gasteiger partial charge in [0.15, 0.2) is 0 Å². The molecular weight excluding hydrogens is 362 g/mol. The van der Waals surface area contributed by atoms with E-state index in [4.69, 9.17) is 0 Å². The largest absolute Gasteiger partial charge is 0.425 e. The van der Waals surface area contributed by atoms with Crippen LogP contribution >= 0.6 is 11.3 Å². The van der Waals surface area contributed by atoms with E-state index in [1.165, 1.54) is 0 Å². The minimum Gasteiger partial charge on any atom is -0.287 e. The molecule has 1 N–H and O–H groups in total. The molecule has 2 aromatic rings. The second-order valence-electron chi connectivity index (χ2n) is 4.36. The number of amides is 2. The van der Waals surface area contributed by atoms with Crippen molar-refractivity contribution in [3.8, 4) is 0 Å². The van der Waals surface area contributed by atoms with E-state index < -0.39 is 45.0 Å². The molecule has 24 heavy (non-hydrogen) atoms. The molecule has 2 heterocycles. The fourth-order valence-electron chi connectivity index (χ4n) is 1.67. The molecular formula is C13H6F6N2O2S. The van der Waals surface area contributed by atoms with Crippen molar-refractivity contribution < 1.29 is 35.9 Å². The average Bonchev–Trinajstić information content (AvgIpc) is 2.96. The lowest BCUT2D eigenvalue weighted by Gasteiger charge is -2.11. The fraction of sp³-hybridized carbons (Fsp3) is 0.154. The Morgan fingerprint density at radius 2 is 1.62 bits per heavy atom. The molecule has 0 aliphatic rings. The Kier molecular flexibility index (Phi) is 4.65. The first kappa shape index (κ1) is 17.9. The Morgan fingerprint density at radius 3 is 2.17 bits per heavy atom. The number of thiophene rings is 1. The SMILES string of the molecule is O=C(NC(=O)c1cnccc1C(F)(F)F)c1ccc(C(F)(F)F)s1. The minimum atomic E-state index is -4.86. The van der Waals surface area contributed by atoms with Gasteiger partial charge >= 0.3 is 12.4 Å². The highest BCUT2D eigenvalue weighted by atomic mass is 32.1. The van der Waals surface area contributed by atoms with Crippen molar-refractivity contribution >= 4 is 23.2 Å². The summed E-state index contributed by atoms with van der Waals surface area (Å²) in [6.45, 7) is 0. The number of halogens is 6. The van der Waals surface area contributed by atoms with Crippen molar-refractivity contribution in [1.82, 2.24) is 10.3 Å². The first-order chi connectivity index (χ1) is 11.0. The van der Waals surface area contributed by atoms with E-state index in [0.29, 0.717) is 18.3 Å². The van der Waals surface area contributed by atoms with Crippen LogP contribution in [0.2, 0.25) is 0 Å². The Morgan fingerprint density at radius 1 is 0.958 bits per heavy atom. The van der Waals surface area contributed by atoms with Crippen LogP contribution in [0, 0.1) is 0 Å². The standard InChI is InChI=1S/C13H6F6N2O2S/c14-12(15,16)7-3-4-20-5-6(7)10(22)21-11(23)8-1-2-9(24-8)13(17,18)19/h1-5H,(H,21,22,23). The lowest BCUT2D eigenvalue weighted by Crippen LogP contribution is -2.31. The molecule has 0 fully saturated rings. The van der Waals surface area contributed by atoms with E-state index in [9.17, 15) is 35.9 Å². The van der Waals surface area contributed by atoms with Crippen LogP contribution in [0.4, 0.5) is 26.3 Å². The van der Waals surface area contributed by atoms with Crippen LogP contribution in [0.15, 0.2) is 30.6 Å². The molecule has 11 heteroatoms. The van der Waals surface area contributed by atoms with Gasteiger partial charge in [-0.1, -0.05) is 0 Å². The predicted molar refractivity (Wildman–Crippen MR) is 70.4 cm³/mol. The number of rotatable bonds is 2. The Hall–Kier alpha value is -2.43. The number of imide groups is 1. The molecule has 2 rings (SSSR count). The van der Waals surface area contributed by atoms with Gasteiger partial charge in [0, 0.05) is 12.4 Å². The zero-order valence-corrected chi connectivity index (χ0v) is 12.1. The molecule has 4 nitrogen and oxygen atoms in total. The maximum absolute atomic E-state index is 12.8. The molecule has 0 spiro atoms. The summed E-state index contributed by atoms with van der Waals surface area (Å²) in [5.74, 6) is -2.65. The second-order valence-corrected chi connectivity index (χ2v) is 5.45. The second kappa shape index (κ2) is 6.23. The van der Waals surface area contributed by atoms with Crippen LogP contribution in [0.5, 0.6) is 0 Å². The smallest absolute Gasteiger partial charge is 0.287 e. The van der Waals surface area contributed by atoms with Gasteiger partial charge in [0.1, 0.15) is 4.88 Å². The number of carbonyl (C=O) groups excluding carboxylic acids is 2. The molecule has 2 aromatic heterocycles. The lowest BCUT2D eigenvalue weighted by molar-refractivity contribution is -0.138. The van der Waals surface area contributed by atoms with Crippen molar-refractivity contribution in [1.29, 1.82) is 0 Å². The fourth-order valence-corrected chi connectivity index (χ4v) is 2.44. The van der Waals surface area contributed by atoms with Gasteiger partial charge in [-0.25, -0.2) is 0 Å². The quantitative estimate of drug-likeness (QED) is 0.649. The number of pyridine rings is 1. The first-order valence-corrected chi connectivity index (χ1v) is 6.85. The molecule has 0 aliphatic carbocycles. The number of nitrogens with zero attached hydrogens (tertiary/aromatic N) is 1. The van der Waals surface area contributed by atoms with E-state index in [-0.39, 0.29) is 11.3 Å². The van der Waals surface area contributed by atoms with Crippen LogP contribution in [0.25, 0.3) is 0 Å². The average molecular weight is 368 g/mol. The van der Waals surface area contributed by atoms with E-state index in [2.05, 4.69) is 4.98 Å².